The number of aromatic nitrogens is 5. The number of hydrogen-bond acceptors (Lipinski definition) is 4. The van der Waals surface area contributed by atoms with Gasteiger partial charge in [0.05, 0.1) is 16.4 Å². The van der Waals surface area contributed by atoms with Gasteiger partial charge in [-0.05, 0) is 24.3 Å². The summed E-state index contributed by atoms with van der Waals surface area (Å²) < 4.78 is 14.6. The molecule has 0 spiro atoms. The smallest absolute Gasteiger partial charge is 0.282 e. The van der Waals surface area contributed by atoms with Gasteiger partial charge in [0, 0.05) is 12.4 Å². The van der Waals surface area contributed by atoms with Gasteiger partial charge in [-0.25, -0.2) is 14.6 Å². The average molecular weight is 281 g/mol. The van der Waals surface area contributed by atoms with E-state index in [1.807, 2.05) is 0 Å². The molecule has 0 bridgehead atoms. The average Bonchev–Trinajstić information content (AvgIpc) is 2.86. The second-order valence-corrected chi connectivity index (χ2v) is 4.49. The Morgan fingerprint density at radius 2 is 2.05 bits per heavy atom. The molecule has 0 saturated carbocycles. The van der Waals surface area contributed by atoms with Crippen molar-refractivity contribution in [3.8, 4) is 5.82 Å². The van der Waals surface area contributed by atoms with E-state index in [2.05, 4.69) is 20.1 Å². The first kappa shape index (κ1) is 11.7. The molecule has 0 aliphatic carbocycles. The molecule has 0 aliphatic heterocycles. The maximum atomic E-state index is 13.3. The summed E-state index contributed by atoms with van der Waals surface area (Å²) in [5, 5.41) is 3.26. The Morgan fingerprint density at radius 3 is 2.86 bits per heavy atom. The summed E-state index contributed by atoms with van der Waals surface area (Å²) in [7, 11) is 0. The zero-order valence-corrected chi connectivity index (χ0v) is 10.6. The lowest BCUT2D eigenvalue weighted by Gasteiger charge is -1.98. The Labute approximate surface area is 116 Å². The van der Waals surface area contributed by atoms with E-state index in [4.69, 9.17) is 0 Å². The van der Waals surface area contributed by atoms with Gasteiger partial charge in [0.25, 0.3) is 5.56 Å². The molecule has 7 heteroatoms. The third-order valence-corrected chi connectivity index (χ3v) is 3.21. The number of nitrogens with one attached hydrogen (secondary N) is 1. The van der Waals surface area contributed by atoms with Crippen molar-refractivity contribution in [2.24, 2.45) is 0 Å². The summed E-state index contributed by atoms with van der Waals surface area (Å²) in [6, 6.07) is 7.97. The molecular formula is C14H8FN5O. The van der Waals surface area contributed by atoms with Gasteiger partial charge in [0.1, 0.15) is 5.52 Å². The van der Waals surface area contributed by atoms with Crippen molar-refractivity contribution in [2.45, 2.75) is 0 Å². The summed E-state index contributed by atoms with van der Waals surface area (Å²) in [5.74, 6) is -0.175. The normalized spacial score (nSPS) is 11.3. The molecule has 0 atom stereocenters. The number of hydrogen-bond donors (Lipinski definition) is 1. The Morgan fingerprint density at radius 1 is 1.14 bits per heavy atom. The van der Waals surface area contributed by atoms with E-state index in [1.165, 1.54) is 23.0 Å². The van der Waals surface area contributed by atoms with Crippen LogP contribution in [0.5, 0.6) is 0 Å². The quantitative estimate of drug-likeness (QED) is 0.540. The number of rotatable bonds is 1. The number of aromatic amines is 1. The van der Waals surface area contributed by atoms with E-state index in [9.17, 15) is 9.18 Å². The maximum Gasteiger partial charge on any atom is 0.282 e. The monoisotopic (exact) mass is 281 g/mol. The SMILES string of the molecule is O=c1c2cnc3ccc(F)nc3c2[nH]n1-c1ccccn1. The van der Waals surface area contributed by atoms with Crippen molar-refractivity contribution in [3.05, 3.63) is 59.0 Å². The van der Waals surface area contributed by atoms with Crippen molar-refractivity contribution < 1.29 is 4.39 Å². The molecule has 4 aromatic heterocycles. The molecular weight excluding hydrogens is 273 g/mol. The van der Waals surface area contributed by atoms with E-state index >= 15 is 0 Å². The molecule has 0 saturated heterocycles. The number of pyridine rings is 3. The van der Waals surface area contributed by atoms with Crippen molar-refractivity contribution in [1.29, 1.82) is 0 Å². The Hall–Kier alpha value is -3.09. The first-order valence-electron chi connectivity index (χ1n) is 6.21. The van der Waals surface area contributed by atoms with Crippen LogP contribution in [0.4, 0.5) is 4.39 Å². The number of nitrogens with zero attached hydrogens (tertiary/aromatic N) is 4. The lowest BCUT2D eigenvalue weighted by Crippen LogP contribution is -2.15. The van der Waals surface area contributed by atoms with Crippen LogP contribution in [-0.2, 0) is 0 Å². The van der Waals surface area contributed by atoms with Crippen LogP contribution < -0.4 is 5.56 Å². The van der Waals surface area contributed by atoms with Gasteiger partial charge in [0.15, 0.2) is 5.82 Å². The van der Waals surface area contributed by atoms with Crippen LogP contribution in [0.15, 0.2) is 47.5 Å². The Kier molecular flexibility index (Phi) is 2.34. The minimum Gasteiger partial charge on any atom is -0.287 e. The standard InChI is InChI=1S/C14H8FN5O/c15-10-5-4-9-13(18-10)12-8(7-17-9)14(21)20(19-12)11-3-1-2-6-16-11/h1-7,19H. The highest BCUT2D eigenvalue weighted by atomic mass is 19.1. The lowest BCUT2D eigenvalue weighted by atomic mass is 10.2. The maximum absolute atomic E-state index is 13.3. The van der Waals surface area contributed by atoms with Crippen molar-refractivity contribution in [2.75, 3.05) is 0 Å². The molecule has 0 unspecified atom stereocenters. The molecule has 4 aromatic rings. The van der Waals surface area contributed by atoms with Gasteiger partial charge in [-0.3, -0.25) is 14.9 Å². The molecule has 1 N–H and O–H groups in total. The lowest BCUT2D eigenvalue weighted by molar-refractivity contribution is 0.589. The minimum absolute atomic E-state index is 0.302. The summed E-state index contributed by atoms with van der Waals surface area (Å²) >= 11 is 0. The zero-order chi connectivity index (χ0) is 14.4. The summed E-state index contributed by atoms with van der Waals surface area (Å²) in [4.78, 5) is 24.5. The number of halogens is 1. The predicted octanol–water partition coefficient (Wildman–Crippen LogP) is 1.80. The molecule has 0 radical (unpaired) electrons. The van der Waals surface area contributed by atoms with Crippen LogP contribution in [-0.4, -0.2) is 24.7 Å². The Balaban J connectivity index is 2.13. The fourth-order valence-electron chi connectivity index (χ4n) is 2.25. The molecule has 102 valence electrons. The van der Waals surface area contributed by atoms with Crippen LogP contribution in [0, 0.1) is 5.95 Å². The van der Waals surface area contributed by atoms with Gasteiger partial charge in [-0.1, -0.05) is 6.07 Å². The highest BCUT2D eigenvalue weighted by Gasteiger charge is 2.13. The van der Waals surface area contributed by atoms with Crippen molar-refractivity contribution in [1.82, 2.24) is 24.7 Å². The number of fused-ring (bicyclic) bond motifs is 3. The van der Waals surface area contributed by atoms with Gasteiger partial charge >= 0.3 is 0 Å². The van der Waals surface area contributed by atoms with Gasteiger partial charge < -0.3 is 0 Å². The molecule has 0 aromatic carbocycles. The number of H-pyrrole nitrogens is 1. The van der Waals surface area contributed by atoms with Crippen LogP contribution in [0.2, 0.25) is 0 Å². The third-order valence-electron chi connectivity index (χ3n) is 3.21. The zero-order valence-electron chi connectivity index (χ0n) is 10.6. The molecule has 0 aliphatic rings. The van der Waals surface area contributed by atoms with Gasteiger partial charge in [0.2, 0.25) is 5.95 Å². The molecule has 4 rings (SSSR count). The molecule has 0 amide bonds. The first-order chi connectivity index (χ1) is 10.2. The van der Waals surface area contributed by atoms with E-state index in [0.717, 1.165) is 0 Å². The van der Waals surface area contributed by atoms with Crippen molar-refractivity contribution >= 4 is 21.9 Å². The van der Waals surface area contributed by atoms with Gasteiger partial charge in [-0.2, -0.15) is 4.39 Å². The molecule has 21 heavy (non-hydrogen) atoms. The highest BCUT2D eigenvalue weighted by molar-refractivity contribution is 5.99. The van der Waals surface area contributed by atoms with E-state index in [0.29, 0.717) is 27.8 Å². The molecule has 0 fully saturated rings. The summed E-state index contributed by atoms with van der Waals surface area (Å²) in [6.07, 6.45) is 3.04. The fourth-order valence-corrected chi connectivity index (χ4v) is 2.25. The first-order valence-corrected chi connectivity index (χ1v) is 6.21. The second kappa shape index (κ2) is 4.20. The van der Waals surface area contributed by atoms with Gasteiger partial charge in [-0.15, -0.1) is 0 Å². The second-order valence-electron chi connectivity index (χ2n) is 4.49. The minimum atomic E-state index is -0.622. The Bertz CT molecular complexity index is 1020. The van der Waals surface area contributed by atoms with Crippen LogP contribution in [0.1, 0.15) is 0 Å². The third kappa shape index (κ3) is 1.71. The van der Waals surface area contributed by atoms with E-state index in [-0.39, 0.29) is 5.56 Å². The van der Waals surface area contributed by atoms with Crippen LogP contribution in [0.3, 0.4) is 0 Å². The van der Waals surface area contributed by atoms with Crippen molar-refractivity contribution in [3.63, 3.8) is 0 Å². The van der Waals surface area contributed by atoms with E-state index in [1.54, 1.807) is 24.4 Å². The molecule has 4 heterocycles. The van der Waals surface area contributed by atoms with Crippen LogP contribution in [0.25, 0.3) is 27.8 Å². The molecule has 6 nitrogen and oxygen atoms in total. The predicted molar refractivity (Wildman–Crippen MR) is 74.7 cm³/mol. The largest absolute Gasteiger partial charge is 0.287 e. The van der Waals surface area contributed by atoms with E-state index < -0.39 is 5.95 Å². The highest BCUT2D eigenvalue weighted by Crippen LogP contribution is 2.18. The fraction of sp³-hybridized carbons (Fsp3) is 0. The van der Waals surface area contributed by atoms with Crippen LogP contribution >= 0.6 is 0 Å². The topological polar surface area (TPSA) is 76.5 Å². The summed E-state index contributed by atoms with van der Waals surface area (Å²) in [6.45, 7) is 0. The summed E-state index contributed by atoms with van der Waals surface area (Å²) in [5.41, 5.74) is 0.969.